The molecule has 2 bridgehead atoms. The van der Waals surface area contributed by atoms with E-state index in [4.69, 9.17) is 4.74 Å². The summed E-state index contributed by atoms with van der Waals surface area (Å²) in [4.78, 5) is 11.7. The largest absolute Gasteiger partial charge is 0.465 e. The molecular formula is C12H18O2. The summed E-state index contributed by atoms with van der Waals surface area (Å²) in [5.74, 6) is 1.34. The molecule has 0 aromatic rings. The average molecular weight is 194 g/mol. The van der Waals surface area contributed by atoms with Crippen LogP contribution < -0.4 is 0 Å². The van der Waals surface area contributed by atoms with Crippen LogP contribution in [0.15, 0.2) is 12.2 Å². The molecule has 78 valence electrons. The predicted octanol–water partition coefficient (Wildman–Crippen LogP) is 2.54. The molecule has 1 saturated carbocycles. The van der Waals surface area contributed by atoms with E-state index in [1.807, 2.05) is 0 Å². The molecule has 1 fully saturated rings. The smallest absolute Gasteiger partial charge is 0.309 e. The van der Waals surface area contributed by atoms with Crippen LogP contribution in [-0.4, -0.2) is 12.6 Å². The summed E-state index contributed by atoms with van der Waals surface area (Å²) in [6.07, 6.45) is 8.71. The molecule has 2 rings (SSSR count). The van der Waals surface area contributed by atoms with Crippen LogP contribution in [0.1, 0.15) is 32.6 Å². The number of hydrogen-bond donors (Lipinski definition) is 0. The van der Waals surface area contributed by atoms with Crippen LogP contribution in [0.25, 0.3) is 0 Å². The van der Waals surface area contributed by atoms with Gasteiger partial charge in [0.05, 0.1) is 12.5 Å². The van der Waals surface area contributed by atoms with Gasteiger partial charge in [0.1, 0.15) is 0 Å². The topological polar surface area (TPSA) is 26.3 Å². The molecule has 0 heterocycles. The number of ether oxygens (including phenoxy) is 1. The summed E-state index contributed by atoms with van der Waals surface area (Å²) in [6, 6.07) is 0. The summed E-state index contributed by atoms with van der Waals surface area (Å²) in [6.45, 7) is 2.71. The lowest BCUT2D eigenvalue weighted by atomic mass is 9.94. The monoisotopic (exact) mass is 194 g/mol. The average Bonchev–Trinajstić information content (AvgIpc) is 2.79. The minimum Gasteiger partial charge on any atom is -0.465 e. The number of carbonyl (C=O) groups is 1. The third-order valence-corrected chi connectivity index (χ3v) is 3.32. The van der Waals surface area contributed by atoms with Gasteiger partial charge in [0.15, 0.2) is 0 Å². The number of esters is 1. The number of carbonyl (C=O) groups excluding carboxylic acids is 1. The molecule has 0 aliphatic heterocycles. The molecule has 14 heavy (non-hydrogen) atoms. The SMILES string of the molecule is CCCCOC(=O)[C@@H]1CC2C=CC1C2. The van der Waals surface area contributed by atoms with Crippen molar-refractivity contribution < 1.29 is 9.53 Å². The van der Waals surface area contributed by atoms with Gasteiger partial charge in [-0.3, -0.25) is 4.79 Å². The molecule has 2 unspecified atom stereocenters. The molecule has 0 saturated heterocycles. The number of unbranched alkanes of at least 4 members (excludes halogenated alkanes) is 1. The van der Waals surface area contributed by atoms with Gasteiger partial charge in [-0.05, 0) is 31.1 Å². The minimum absolute atomic E-state index is 0.0373. The second kappa shape index (κ2) is 4.16. The van der Waals surface area contributed by atoms with Crippen molar-refractivity contribution in [3.8, 4) is 0 Å². The fourth-order valence-electron chi connectivity index (χ4n) is 2.48. The van der Waals surface area contributed by atoms with Crippen molar-refractivity contribution in [2.24, 2.45) is 17.8 Å². The van der Waals surface area contributed by atoms with Gasteiger partial charge in [-0.25, -0.2) is 0 Å². The van der Waals surface area contributed by atoms with Crippen molar-refractivity contribution in [1.82, 2.24) is 0 Å². The number of allylic oxidation sites excluding steroid dienone is 2. The first kappa shape index (κ1) is 9.75. The van der Waals surface area contributed by atoms with Crippen LogP contribution >= 0.6 is 0 Å². The standard InChI is InChI=1S/C12H18O2/c1-2-3-6-14-12(13)11-8-9-4-5-10(11)7-9/h4-5,9-11H,2-3,6-8H2,1H3/t9?,10?,11-/m1/s1. The molecule has 0 N–H and O–H groups in total. The van der Waals surface area contributed by atoms with Crippen LogP contribution in [-0.2, 0) is 9.53 Å². The van der Waals surface area contributed by atoms with Crippen LogP contribution in [0, 0.1) is 17.8 Å². The Kier molecular flexibility index (Phi) is 2.90. The summed E-state index contributed by atoms with van der Waals surface area (Å²) >= 11 is 0. The van der Waals surface area contributed by atoms with E-state index in [2.05, 4.69) is 19.1 Å². The van der Waals surface area contributed by atoms with Crippen LogP contribution in [0.2, 0.25) is 0 Å². The van der Waals surface area contributed by atoms with Crippen molar-refractivity contribution in [2.75, 3.05) is 6.61 Å². The highest BCUT2D eigenvalue weighted by atomic mass is 16.5. The lowest BCUT2D eigenvalue weighted by Gasteiger charge is -2.16. The van der Waals surface area contributed by atoms with Gasteiger partial charge < -0.3 is 4.74 Å². The maximum absolute atomic E-state index is 11.7. The molecule has 2 heteroatoms. The molecule has 0 radical (unpaired) electrons. The lowest BCUT2D eigenvalue weighted by molar-refractivity contribution is -0.149. The quantitative estimate of drug-likeness (QED) is 0.390. The molecule has 2 aliphatic rings. The van der Waals surface area contributed by atoms with Crippen LogP contribution in [0.5, 0.6) is 0 Å². The van der Waals surface area contributed by atoms with E-state index in [0.29, 0.717) is 18.4 Å². The zero-order valence-corrected chi connectivity index (χ0v) is 8.74. The minimum atomic E-state index is 0.0373. The van der Waals surface area contributed by atoms with E-state index in [0.717, 1.165) is 19.3 Å². The van der Waals surface area contributed by atoms with Gasteiger partial charge in [0.2, 0.25) is 0 Å². The Labute approximate surface area is 85.3 Å². The molecule has 0 aromatic heterocycles. The van der Waals surface area contributed by atoms with E-state index in [9.17, 15) is 4.79 Å². The summed E-state index contributed by atoms with van der Waals surface area (Å²) in [7, 11) is 0. The zero-order valence-electron chi connectivity index (χ0n) is 8.74. The molecular weight excluding hydrogens is 176 g/mol. The third kappa shape index (κ3) is 1.84. The van der Waals surface area contributed by atoms with Crippen molar-refractivity contribution >= 4 is 5.97 Å². The number of hydrogen-bond acceptors (Lipinski definition) is 2. The van der Waals surface area contributed by atoms with Crippen molar-refractivity contribution in [3.05, 3.63) is 12.2 Å². The van der Waals surface area contributed by atoms with E-state index in [-0.39, 0.29) is 11.9 Å². The first-order valence-corrected chi connectivity index (χ1v) is 5.66. The van der Waals surface area contributed by atoms with E-state index in [1.165, 1.54) is 6.42 Å². The Balaban J connectivity index is 1.79. The number of rotatable bonds is 4. The molecule has 3 atom stereocenters. The fourth-order valence-corrected chi connectivity index (χ4v) is 2.48. The Morgan fingerprint density at radius 2 is 2.29 bits per heavy atom. The van der Waals surface area contributed by atoms with Crippen molar-refractivity contribution in [3.63, 3.8) is 0 Å². The maximum atomic E-state index is 11.7. The highest BCUT2D eigenvalue weighted by Gasteiger charge is 2.40. The zero-order chi connectivity index (χ0) is 9.97. The summed E-state index contributed by atoms with van der Waals surface area (Å²) in [5, 5.41) is 0. The molecule has 0 aromatic carbocycles. The first-order chi connectivity index (χ1) is 6.81. The second-order valence-electron chi connectivity index (χ2n) is 4.41. The van der Waals surface area contributed by atoms with Gasteiger partial charge in [-0.15, -0.1) is 0 Å². The fraction of sp³-hybridized carbons (Fsp3) is 0.750. The predicted molar refractivity (Wildman–Crippen MR) is 54.7 cm³/mol. The highest BCUT2D eigenvalue weighted by molar-refractivity contribution is 5.74. The second-order valence-corrected chi connectivity index (χ2v) is 4.41. The Morgan fingerprint density at radius 1 is 1.43 bits per heavy atom. The molecule has 0 spiro atoms. The van der Waals surface area contributed by atoms with Crippen LogP contribution in [0.3, 0.4) is 0 Å². The normalized spacial score (nSPS) is 33.6. The van der Waals surface area contributed by atoms with Crippen molar-refractivity contribution in [1.29, 1.82) is 0 Å². The van der Waals surface area contributed by atoms with Gasteiger partial charge in [0, 0.05) is 0 Å². The Hall–Kier alpha value is -0.790. The first-order valence-electron chi connectivity index (χ1n) is 5.66. The van der Waals surface area contributed by atoms with E-state index < -0.39 is 0 Å². The van der Waals surface area contributed by atoms with Crippen molar-refractivity contribution in [2.45, 2.75) is 32.6 Å². The molecule has 2 aliphatic carbocycles. The lowest BCUT2D eigenvalue weighted by Crippen LogP contribution is -2.21. The highest BCUT2D eigenvalue weighted by Crippen LogP contribution is 2.43. The van der Waals surface area contributed by atoms with E-state index in [1.54, 1.807) is 0 Å². The Morgan fingerprint density at radius 3 is 2.86 bits per heavy atom. The van der Waals surface area contributed by atoms with E-state index >= 15 is 0 Å². The van der Waals surface area contributed by atoms with Gasteiger partial charge in [0.25, 0.3) is 0 Å². The van der Waals surface area contributed by atoms with Gasteiger partial charge in [-0.1, -0.05) is 25.5 Å². The summed E-state index contributed by atoms with van der Waals surface area (Å²) in [5.41, 5.74) is 0. The summed E-state index contributed by atoms with van der Waals surface area (Å²) < 4.78 is 5.25. The number of fused-ring (bicyclic) bond motifs is 2. The Bertz CT molecular complexity index is 245. The molecule has 2 nitrogen and oxygen atoms in total. The molecule has 0 amide bonds. The maximum Gasteiger partial charge on any atom is 0.309 e. The van der Waals surface area contributed by atoms with Crippen LogP contribution in [0.4, 0.5) is 0 Å². The van der Waals surface area contributed by atoms with Gasteiger partial charge >= 0.3 is 5.97 Å². The third-order valence-electron chi connectivity index (χ3n) is 3.32. The van der Waals surface area contributed by atoms with Gasteiger partial charge in [-0.2, -0.15) is 0 Å².